The van der Waals surface area contributed by atoms with Crippen LogP contribution >= 0.6 is 11.6 Å². The molecule has 29 heavy (non-hydrogen) atoms. The van der Waals surface area contributed by atoms with Crippen molar-refractivity contribution in [3.63, 3.8) is 0 Å². The molecule has 2 aromatic carbocycles. The van der Waals surface area contributed by atoms with Crippen molar-refractivity contribution >= 4 is 40.3 Å². The molecule has 9 nitrogen and oxygen atoms in total. The van der Waals surface area contributed by atoms with Crippen LogP contribution in [0.15, 0.2) is 42.7 Å². The summed E-state index contributed by atoms with van der Waals surface area (Å²) in [7, 11) is 2.94. The van der Waals surface area contributed by atoms with Crippen molar-refractivity contribution in [2.24, 2.45) is 0 Å². The lowest BCUT2D eigenvalue weighted by Gasteiger charge is -2.14. The molecule has 0 saturated heterocycles. The second kappa shape index (κ2) is 8.61. The molecule has 0 fully saturated rings. The average molecular weight is 416 g/mol. The van der Waals surface area contributed by atoms with Crippen molar-refractivity contribution in [2.45, 2.75) is 6.92 Å². The minimum atomic E-state index is -0.555. The minimum Gasteiger partial charge on any atom is -0.495 e. The van der Waals surface area contributed by atoms with Gasteiger partial charge in [0.05, 0.1) is 29.9 Å². The number of methoxy groups -OCH3 is 2. The molecule has 1 heterocycles. The van der Waals surface area contributed by atoms with Gasteiger partial charge in [0, 0.05) is 11.8 Å². The molecule has 0 radical (unpaired) electrons. The molecule has 3 rings (SSSR count). The summed E-state index contributed by atoms with van der Waals surface area (Å²) >= 11 is 6.18. The zero-order chi connectivity index (χ0) is 21.0. The zero-order valence-corrected chi connectivity index (χ0v) is 16.6. The van der Waals surface area contributed by atoms with E-state index < -0.39 is 4.92 Å². The number of aromatic nitrogens is 2. The number of benzene rings is 2. The number of nitro groups is 1. The highest BCUT2D eigenvalue weighted by atomic mass is 35.5. The molecule has 0 amide bonds. The highest BCUT2D eigenvalue weighted by Crippen LogP contribution is 2.40. The second-order valence-electron chi connectivity index (χ2n) is 5.93. The summed E-state index contributed by atoms with van der Waals surface area (Å²) in [5.41, 5.74) is 1.69. The molecule has 0 atom stereocenters. The lowest BCUT2D eigenvalue weighted by atomic mass is 10.2. The van der Waals surface area contributed by atoms with Gasteiger partial charge in [-0.3, -0.25) is 10.1 Å². The van der Waals surface area contributed by atoms with Crippen LogP contribution in [0.3, 0.4) is 0 Å². The Balaban J connectivity index is 2.04. The third-order valence-electron chi connectivity index (χ3n) is 4.13. The number of hydrogen-bond donors (Lipinski definition) is 2. The molecule has 1 aromatic heterocycles. The molecule has 0 spiro atoms. The number of ether oxygens (including phenoxy) is 2. The molecule has 0 unspecified atom stereocenters. The van der Waals surface area contributed by atoms with E-state index in [0.29, 0.717) is 27.9 Å². The average Bonchev–Trinajstić information content (AvgIpc) is 2.70. The van der Waals surface area contributed by atoms with Crippen LogP contribution in [-0.4, -0.2) is 29.1 Å². The fourth-order valence-electron chi connectivity index (χ4n) is 2.66. The van der Waals surface area contributed by atoms with Crippen molar-refractivity contribution in [2.75, 3.05) is 24.9 Å². The normalized spacial score (nSPS) is 10.3. The van der Waals surface area contributed by atoms with E-state index in [1.807, 2.05) is 25.1 Å². The molecule has 3 aromatic rings. The Morgan fingerprint density at radius 1 is 1.00 bits per heavy atom. The quantitative estimate of drug-likeness (QED) is 0.416. The van der Waals surface area contributed by atoms with Gasteiger partial charge >= 0.3 is 5.69 Å². The van der Waals surface area contributed by atoms with Gasteiger partial charge in [0.15, 0.2) is 0 Å². The van der Waals surface area contributed by atoms with E-state index in [-0.39, 0.29) is 17.3 Å². The van der Waals surface area contributed by atoms with Gasteiger partial charge in [-0.15, -0.1) is 0 Å². The Morgan fingerprint density at radius 3 is 2.21 bits per heavy atom. The lowest BCUT2D eigenvalue weighted by molar-refractivity contribution is -0.383. The van der Waals surface area contributed by atoms with Crippen LogP contribution in [0.1, 0.15) is 5.56 Å². The Labute approximate surface area is 171 Å². The third-order valence-corrected chi connectivity index (χ3v) is 4.43. The number of nitrogens with one attached hydrogen (secondary N) is 2. The van der Waals surface area contributed by atoms with E-state index in [2.05, 4.69) is 20.6 Å². The Kier molecular flexibility index (Phi) is 5.99. The summed E-state index contributed by atoms with van der Waals surface area (Å²) in [6, 6.07) is 10.5. The van der Waals surface area contributed by atoms with Gasteiger partial charge in [-0.1, -0.05) is 29.8 Å². The first kappa shape index (κ1) is 20.2. The molecular weight excluding hydrogens is 398 g/mol. The van der Waals surface area contributed by atoms with E-state index in [0.717, 1.165) is 5.56 Å². The fraction of sp³-hybridized carbons (Fsp3) is 0.158. The van der Waals surface area contributed by atoms with Gasteiger partial charge in [0.2, 0.25) is 11.6 Å². The number of aryl methyl sites for hydroxylation is 1. The Bertz CT molecular complexity index is 1060. The van der Waals surface area contributed by atoms with Crippen LogP contribution in [0, 0.1) is 17.0 Å². The molecule has 0 bridgehead atoms. The van der Waals surface area contributed by atoms with E-state index in [1.165, 1.54) is 20.5 Å². The van der Waals surface area contributed by atoms with Gasteiger partial charge in [-0.25, -0.2) is 9.97 Å². The smallest absolute Gasteiger partial charge is 0.353 e. The zero-order valence-electron chi connectivity index (χ0n) is 15.9. The molecule has 10 heteroatoms. The summed E-state index contributed by atoms with van der Waals surface area (Å²) < 4.78 is 10.5. The molecular formula is C19H18ClN5O4. The second-order valence-corrected chi connectivity index (χ2v) is 6.34. The summed E-state index contributed by atoms with van der Waals surface area (Å²) in [4.78, 5) is 19.3. The monoisotopic (exact) mass is 415 g/mol. The number of hydrogen-bond acceptors (Lipinski definition) is 8. The predicted molar refractivity (Wildman–Crippen MR) is 111 cm³/mol. The van der Waals surface area contributed by atoms with Gasteiger partial charge in [-0.05, 0) is 24.6 Å². The maximum absolute atomic E-state index is 11.8. The summed E-state index contributed by atoms with van der Waals surface area (Å²) in [5.74, 6) is 0.835. The van der Waals surface area contributed by atoms with Crippen LogP contribution in [0.25, 0.3) is 0 Å². The fourth-order valence-corrected chi connectivity index (χ4v) is 2.90. The van der Waals surface area contributed by atoms with E-state index in [1.54, 1.807) is 18.2 Å². The van der Waals surface area contributed by atoms with Crippen LogP contribution in [-0.2, 0) is 0 Å². The van der Waals surface area contributed by atoms with Crippen LogP contribution in [0.5, 0.6) is 11.5 Å². The lowest BCUT2D eigenvalue weighted by Crippen LogP contribution is -2.06. The summed E-state index contributed by atoms with van der Waals surface area (Å²) in [6.45, 7) is 1.89. The Morgan fingerprint density at radius 2 is 1.62 bits per heavy atom. The highest BCUT2D eigenvalue weighted by molar-refractivity contribution is 6.32. The van der Waals surface area contributed by atoms with Gasteiger partial charge < -0.3 is 20.1 Å². The van der Waals surface area contributed by atoms with Gasteiger partial charge in [0.1, 0.15) is 17.8 Å². The molecule has 0 aliphatic carbocycles. The van der Waals surface area contributed by atoms with E-state index in [4.69, 9.17) is 21.1 Å². The Hall–Kier alpha value is -3.59. The van der Waals surface area contributed by atoms with Gasteiger partial charge in [0.25, 0.3) is 0 Å². The van der Waals surface area contributed by atoms with Crippen LogP contribution in [0.2, 0.25) is 5.02 Å². The molecule has 0 aliphatic rings. The SMILES string of the molecule is COc1cc(OC)c(Nc2ncnc(Nc3ccccc3C)c2[N+](=O)[O-])cc1Cl. The highest BCUT2D eigenvalue weighted by Gasteiger charge is 2.25. The molecule has 0 aliphatic heterocycles. The largest absolute Gasteiger partial charge is 0.495 e. The van der Waals surface area contributed by atoms with E-state index >= 15 is 0 Å². The van der Waals surface area contributed by atoms with Crippen LogP contribution < -0.4 is 20.1 Å². The standard InChI is InChI=1S/C19H18ClN5O4/c1-11-6-4-5-7-13(11)23-18-17(25(26)27)19(22-10-21-18)24-14-8-12(20)15(28-2)9-16(14)29-3/h4-10H,1-3H3,(H2,21,22,23,24). The number of nitrogens with zero attached hydrogens (tertiary/aromatic N) is 3. The minimum absolute atomic E-state index is 0.0133. The predicted octanol–water partition coefficient (Wildman–Crippen LogP) is 4.85. The maximum atomic E-state index is 11.8. The number of rotatable bonds is 7. The number of anilines is 4. The summed E-state index contributed by atoms with van der Waals surface area (Å²) in [6.07, 6.45) is 1.23. The van der Waals surface area contributed by atoms with Gasteiger partial charge in [-0.2, -0.15) is 0 Å². The third kappa shape index (κ3) is 4.30. The van der Waals surface area contributed by atoms with Crippen molar-refractivity contribution in [3.8, 4) is 11.5 Å². The topological polar surface area (TPSA) is 111 Å². The van der Waals surface area contributed by atoms with Crippen molar-refractivity contribution in [3.05, 3.63) is 63.4 Å². The van der Waals surface area contributed by atoms with Crippen molar-refractivity contribution in [1.29, 1.82) is 0 Å². The molecule has 0 saturated carbocycles. The van der Waals surface area contributed by atoms with E-state index in [9.17, 15) is 10.1 Å². The maximum Gasteiger partial charge on any atom is 0.353 e. The number of para-hydroxylation sites is 1. The van der Waals surface area contributed by atoms with Crippen LogP contribution in [0.4, 0.5) is 28.7 Å². The van der Waals surface area contributed by atoms with Crippen molar-refractivity contribution in [1.82, 2.24) is 9.97 Å². The number of halogens is 1. The summed E-state index contributed by atoms with van der Waals surface area (Å²) in [5, 5.41) is 18.0. The first-order chi connectivity index (χ1) is 13.9. The molecule has 150 valence electrons. The van der Waals surface area contributed by atoms with Crippen molar-refractivity contribution < 1.29 is 14.4 Å². The first-order valence-corrected chi connectivity index (χ1v) is 8.83. The molecule has 2 N–H and O–H groups in total. The first-order valence-electron chi connectivity index (χ1n) is 8.45.